The number of nitrogens with zero attached hydrogens (tertiary/aromatic N) is 4. The molecule has 0 amide bonds. The Balaban J connectivity index is 0.00000357. The summed E-state index contributed by atoms with van der Waals surface area (Å²) < 4.78 is 67.0. The molecule has 0 aliphatic rings. The van der Waals surface area contributed by atoms with Gasteiger partial charge in [-0.2, -0.15) is 17.2 Å². The van der Waals surface area contributed by atoms with E-state index in [1.165, 1.54) is 11.6 Å². The quantitative estimate of drug-likeness (QED) is 0.0782. The van der Waals surface area contributed by atoms with Gasteiger partial charge >= 0.3 is 20.4 Å². The molecular formula is C35H22F4N4OPd. The number of rotatable bonds is 5. The van der Waals surface area contributed by atoms with Gasteiger partial charge in [-0.25, -0.2) is 22.5 Å². The van der Waals surface area contributed by atoms with Gasteiger partial charge in [0.2, 0.25) is 0 Å². The summed E-state index contributed by atoms with van der Waals surface area (Å²) in [6.07, 6.45) is 1.77. The van der Waals surface area contributed by atoms with E-state index >= 15 is 0 Å². The standard InChI is InChI=1S/C35H22F4N4O.Pd/c1-19-13-14-40-31(15-19)42-29-10-5-4-9-25(29)26-12-11-24(17-30(26)42)44-23-8-6-7-22(16-23)43-21(3)32(20(2)41-43)33-34(38)27(36)18-28(37)35(33)39;/h4-15,18H,1-3H3;/q-2;+2. The molecule has 0 spiro atoms. The van der Waals surface area contributed by atoms with Crippen molar-refractivity contribution in [2.24, 2.45) is 0 Å². The fraction of sp³-hybridized carbons (Fsp3) is 0.0857. The van der Waals surface area contributed by atoms with Gasteiger partial charge in [0.25, 0.3) is 0 Å². The second-order valence-electron chi connectivity index (χ2n) is 10.4. The van der Waals surface area contributed by atoms with Crippen LogP contribution in [-0.4, -0.2) is 19.3 Å². The molecule has 226 valence electrons. The first-order chi connectivity index (χ1) is 21.2. The molecule has 3 aromatic heterocycles. The maximum atomic E-state index is 14.7. The molecule has 5 nitrogen and oxygen atoms in total. The van der Waals surface area contributed by atoms with Crippen LogP contribution in [0.5, 0.6) is 11.5 Å². The minimum absolute atomic E-state index is 0. The fourth-order valence-corrected chi connectivity index (χ4v) is 5.58. The molecule has 0 saturated heterocycles. The molecule has 4 aromatic carbocycles. The molecule has 0 aliphatic heterocycles. The van der Waals surface area contributed by atoms with Crippen LogP contribution in [0.3, 0.4) is 0 Å². The molecule has 0 fully saturated rings. The predicted molar refractivity (Wildman–Crippen MR) is 159 cm³/mol. The molecule has 10 heteroatoms. The van der Waals surface area contributed by atoms with Crippen LogP contribution >= 0.6 is 0 Å². The third kappa shape index (κ3) is 5.10. The molecule has 0 aliphatic carbocycles. The van der Waals surface area contributed by atoms with Crippen molar-refractivity contribution in [3.63, 3.8) is 0 Å². The summed E-state index contributed by atoms with van der Waals surface area (Å²) >= 11 is 0. The smallest absolute Gasteiger partial charge is 0.509 e. The van der Waals surface area contributed by atoms with Gasteiger partial charge in [0.05, 0.1) is 11.3 Å². The third-order valence-electron chi connectivity index (χ3n) is 7.54. The number of aryl methyl sites for hydroxylation is 2. The SMILES string of the molecule is Cc1ccnc(-n2c3[c-]c(Oc4[c-]c(-n5nc(C)c(-c6c(F)c(F)cc(F)c6F)c5C)ccc4)ccc3c3ccccc32)c1.[Pd+2]. The summed E-state index contributed by atoms with van der Waals surface area (Å²) in [4.78, 5) is 4.60. The summed E-state index contributed by atoms with van der Waals surface area (Å²) in [5.41, 5.74) is 2.82. The van der Waals surface area contributed by atoms with Crippen LogP contribution in [0.1, 0.15) is 17.0 Å². The van der Waals surface area contributed by atoms with Gasteiger partial charge in [-0.3, -0.25) is 4.68 Å². The molecule has 45 heavy (non-hydrogen) atoms. The molecule has 7 rings (SSSR count). The summed E-state index contributed by atoms with van der Waals surface area (Å²) in [6, 6.07) is 27.6. The van der Waals surface area contributed by atoms with Crippen LogP contribution in [-0.2, 0) is 20.4 Å². The zero-order valence-corrected chi connectivity index (χ0v) is 25.6. The Bertz CT molecular complexity index is 2230. The maximum Gasteiger partial charge on any atom is 2.00 e. The molecule has 0 saturated carbocycles. The monoisotopic (exact) mass is 696 g/mol. The average molecular weight is 697 g/mol. The van der Waals surface area contributed by atoms with Crippen LogP contribution in [0.25, 0.3) is 44.4 Å². The molecular weight excluding hydrogens is 675 g/mol. The topological polar surface area (TPSA) is 44.9 Å². The van der Waals surface area contributed by atoms with Gasteiger partial charge in [-0.1, -0.05) is 23.7 Å². The zero-order chi connectivity index (χ0) is 30.7. The van der Waals surface area contributed by atoms with Crippen molar-refractivity contribution in [2.45, 2.75) is 20.8 Å². The summed E-state index contributed by atoms with van der Waals surface area (Å²) in [6.45, 7) is 5.07. The maximum absolute atomic E-state index is 14.7. The van der Waals surface area contributed by atoms with Crippen molar-refractivity contribution in [3.05, 3.63) is 131 Å². The Morgan fingerprint density at radius 1 is 0.733 bits per heavy atom. The minimum Gasteiger partial charge on any atom is -0.509 e. The Labute approximate surface area is 269 Å². The number of fused-ring (bicyclic) bond motifs is 3. The molecule has 0 radical (unpaired) electrons. The fourth-order valence-electron chi connectivity index (χ4n) is 5.58. The van der Waals surface area contributed by atoms with E-state index in [1.54, 1.807) is 31.3 Å². The van der Waals surface area contributed by atoms with E-state index in [9.17, 15) is 17.6 Å². The minimum atomic E-state index is -1.49. The van der Waals surface area contributed by atoms with E-state index in [-0.39, 0.29) is 43.4 Å². The van der Waals surface area contributed by atoms with Crippen LogP contribution < -0.4 is 4.74 Å². The molecule has 7 aromatic rings. The average Bonchev–Trinajstić information content (AvgIpc) is 3.49. The Morgan fingerprint density at radius 3 is 2.22 bits per heavy atom. The van der Waals surface area contributed by atoms with Crippen molar-refractivity contribution >= 4 is 21.8 Å². The first kappa shape index (κ1) is 30.3. The summed E-state index contributed by atoms with van der Waals surface area (Å²) in [7, 11) is 0. The predicted octanol–water partition coefficient (Wildman–Crippen LogP) is 8.90. The Hall–Kier alpha value is -4.78. The molecule has 0 bridgehead atoms. The van der Waals surface area contributed by atoms with Crippen molar-refractivity contribution in [3.8, 4) is 34.1 Å². The van der Waals surface area contributed by atoms with Crippen LogP contribution in [0.15, 0.2) is 79.0 Å². The van der Waals surface area contributed by atoms with Gasteiger partial charge in [0.1, 0.15) is 5.82 Å². The number of ether oxygens (including phenoxy) is 1. The van der Waals surface area contributed by atoms with Gasteiger partial charge in [-0.15, -0.1) is 35.7 Å². The second-order valence-corrected chi connectivity index (χ2v) is 10.4. The first-order valence-corrected chi connectivity index (χ1v) is 13.7. The van der Waals surface area contributed by atoms with Crippen molar-refractivity contribution in [1.29, 1.82) is 0 Å². The van der Waals surface area contributed by atoms with Crippen molar-refractivity contribution < 1.29 is 42.7 Å². The van der Waals surface area contributed by atoms with Crippen LogP contribution in [0.2, 0.25) is 0 Å². The van der Waals surface area contributed by atoms with Gasteiger partial charge in [0.15, 0.2) is 23.3 Å². The summed E-state index contributed by atoms with van der Waals surface area (Å²) in [5, 5.41) is 6.43. The van der Waals surface area contributed by atoms with Gasteiger partial charge in [-0.05, 0) is 55.6 Å². The van der Waals surface area contributed by atoms with E-state index in [1.807, 2.05) is 60.0 Å². The first-order valence-electron chi connectivity index (χ1n) is 13.7. The number of para-hydroxylation sites is 1. The number of hydrogen-bond donors (Lipinski definition) is 0. The molecule has 3 heterocycles. The Kier molecular flexibility index (Phi) is 7.81. The molecule has 0 N–H and O–H groups in total. The molecule has 0 atom stereocenters. The van der Waals surface area contributed by atoms with Crippen LogP contribution in [0.4, 0.5) is 17.6 Å². The van der Waals surface area contributed by atoms with Crippen molar-refractivity contribution in [2.75, 3.05) is 0 Å². The summed E-state index contributed by atoms with van der Waals surface area (Å²) in [5.74, 6) is -4.44. The number of hydrogen-bond acceptors (Lipinski definition) is 3. The van der Waals surface area contributed by atoms with Gasteiger partial charge < -0.3 is 9.30 Å². The third-order valence-corrected chi connectivity index (χ3v) is 7.54. The van der Waals surface area contributed by atoms with E-state index in [0.29, 0.717) is 17.2 Å². The zero-order valence-electron chi connectivity index (χ0n) is 24.0. The van der Waals surface area contributed by atoms with Gasteiger partial charge in [0, 0.05) is 40.5 Å². The number of benzene rings is 4. The van der Waals surface area contributed by atoms with Crippen LogP contribution in [0, 0.1) is 56.2 Å². The van der Waals surface area contributed by atoms with E-state index < -0.39 is 28.8 Å². The number of aromatic nitrogens is 4. The van der Waals surface area contributed by atoms with E-state index in [4.69, 9.17) is 4.74 Å². The second kappa shape index (κ2) is 11.6. The largest absolute Gasteiger partial charge is 2.00 e. The Morgan fingerprint density at radius 2 is 1.47 bits per heavy atom. The number of halogens is 4. The normalized spacial score (nSPS) is 11.3. The number of pyridine rings is 1. The van der Waals surface area contributed by atoms with E-state index in [0.717, 1.165) is 33.2 Å². The van der Waals surface area contributed by atoms with E-state index in [2.05, 4.69) is 22.2 Å². The molecule has 0 unspecified atom stereocenters. The van der Waals surface area contributed by atoms with Crippen molar-refractivity contribution in [1.82, 2.24) is 19.3 Å².